The Morgan fingerprint density at radius 3 is 2.94 bits per heavy atom. The molecule has 2 aromatic rings. The largest absolute Gasteiger partial charge is 0.398 e. The highest BCUT2D eigenvalue weighted by atomic mass is 16.3. The summed E-state index contributed by atoms with van der Waals surface area (Å²) in [4.78, 5) is 4.27. The second-order valence-electron chi connectivity index (χ2n) is 3.70. The van der Waals surface area contributed by atoms with Crippen LogP contribution in [0, 0.1) is 6.92 Å². The van der Waals surface area contributed by atoms with Crippen molar-refractivity contribution in [1.82, 2.24) is 4.98 Å². The lowest BCUT2D eigenvalue weighted by Crippen LogP contribution is -2.07. The predicted molar refractivity (Wildman–Crippen MR) is 66.5 cm³/mol. The first-order valence-corrected chi connectivity index (χ1v) is 5.22. The minimum Gasteiger partial charge on any atom is -0.398 e. The van der Waals surface area contributed by atoms with Crippen molar-refractivity contribution in [2.45, 2.75) is 6.92 Å². The monoisotopic (exact) mass is 217 g/mol. The molecule has 1 aromatic carbocycles. The summed E-state index contributed by atoms with van der Waals surface area (Å²) < 4.78 is 0. The maximum Gasteiger partial charge on any atom is 0.134 e. The van der Waals surface area contributed by atoms with Crippen LogP contribution in [0.25, 0.3) is 10.8 Å². The molecule has 16 heavy (non-hydrogen) atoms. The van der Waals surface area contributed by atoms with E-state index in [0.29, 0.717) is 6.54 Å². The van der Waals surface area contributed by atoms with E-state index in [0.717, 1.165) is 27.8 Å². The zero-order valence-corrected chi connectivity index (χ0v) is 9.20. The van der Waals surface area contributed by atoms with Gasteiger partial charge in [0.15, 0.2) is 0 Å². The van der Waals surface area contributed by atoms with Crippen LogP contribution in [0.4, 0.5) is 11.5 Å². The highest BCUT2D eigenvalue weighted by molar-refractivity contribution is 6.01. The van der Waals surface area contributed by atoms with Gasteiger partial charge in [0.05, 0.1) is 6.61 Å². The summed E-state index contributed by atoms with van der Waals surface area (Å²) in [7, 11) is 0. The van der Waals surface area contributed by atoms with E-state index >= 15 is 0 Å². The highest BCUT2D eigenvalue weighted by Gasteiger charge is 2.06. The molecular formula is C12H15N3O. The molecule has 0 aliphatic heterocycles. The number of nitrogens with zero attached hydrogens (tertiary/aromatic N) is 1. The van der Waals surface area contributed by atoms with E-state index in [-0.39, 0.29) is 6.61 Å². The average Bonchev–Trinajstić information content (AvgIpc) is 2.31. The van der Waals surface area contributed by atoms with Gasteiger partial charge < -0.3 is 16.2 Å². The molecule has 0 aliphatic carbocycles. The van der Waals surface area contributed by atoms with Crippen LogP contribution in [0.5, 0.6) is 0 Å². The Morgan fingerprint density at radius 2 is 2.19 bits per heavy atom. The van der Waals surface area contributed by atoms with Gasteiger partial charge in [-0.05, 0) is 24.6 Å². The molecular weight excluding hydrogens is 202 g/mol. The fourth-order valence-electron chi connectivity index (χ4n) is 1.80. The van der Waals surface area contributed by atoms with E-state index in [2.05, 4.69) is 10.3 Å². The lowest BCUT2D eigenvalue weighted by Gasteiger charge is -2.11. The molecule has 0 saturated heterocycles. The van der Waals surface area contributed by atoms with Crippen molar-refractivity contribution >= 4 is 22.3 Å². The van der Waals surface area contributed by atoms with Gasteiger partial charge in [0.2, 0.25) is 0 Å². The van der Waals surface area contributed by atoms with Gasteiger partial charge in [-0.25, -0.2) is 4.98 Å². The predicted octanol–water partition coefficient (Wildman–Crippen LogP) is 1.53. The molecule has 4 heteroatoms. The van der Waals surface area contributed by atoms with E-state index in [4.69, 9.17) is 10.8 Å². The fraction of sp³-hybridized carbons (Fsp3) is 0.250. The summed E-state index contributed by atoms with van der Waals surface area (Å²) in [6, 6.07) is 5.78. The number of aliphatic hydroxyl groups is 1. The number of aryl methyl sites for hydroxylation is 1. The van der Waals surface area contributed by atoms with Crippen molar-refractivity contribution in [2.75, 3.05) is 24.2 Å². The summed E-state index contributed by atoms with van der Waals surface area (Å²) in [6.45, 7) is 2.59. The second-order valence-corrected chi connectivity index (χ2v) is 3.70. The zero-order chi connectivity index (χ0) is 11.5. The van der Waals surface area contributed by atoms with Crippen LogP contribution in [-0.4, -0.2) is 23.2 Å². The first-order chi connectivity index (χ1) is 7.74. The van der Waals surface area contributed by atoms with Gasteiger partial charge in [-0.1, -0.05) is 6.07 Å². The average molecular weight is 217 g/mol. The number of rotatable bonds is 3. The number of hydrogen-bond acceptors (Lipinski definition) is 4. The number of hydrogen-bond donors (Lipinski definition) is 3. The molecule has 0 unspecified atom stereocenters. The number of pyridine rings is 1. The number of nitrogens with two attached hydrogens (primary N) is 1. The normalized spacial score (nSPS) is 10.6. The first kappa shape index (κ1) is 10.7. The van der Waals surface area contributed by atoms with Crippen LogP contribution < -0.4 is 11.1 Å². The first-order valence-electron chi connectivity index (χ1n) is 5.22. The second kappa shape index (κ2) is 4.37. The molecule has 4 N–H and O–H groups in total. The summed E-state index contributed by atoms with van der Waals surface area (Å²) in [5, 5.41) is 13.9. The van der Waals surface area contributed by atoms with Crippen molar-refractivity contribution < 1.29 is 5.11 Å². The molecule has 4 nitrogen and oxygen atoms in total. The number of anilines is 2. The van der Waals surface area contributed by atoms with Gasteiger partial charge in [-0.15, -0.1) is 0 Å². The quantitative estimate of drug-likeness (QED) is 0.682. The maximum absolute atomic E-state index is 8.81. The van der Waals surface area contributed by atoms with E-state index < -0.39 is 0 Å². The molecule has 0 amide bonds. The highest BCUT2D eigenvalue weighted by Crippen LogP contribution is 2.28. The van der Waals surface area contributed by atoms with E-state index in [1.165, 1.54) is 0 Å². The Labute approximate surface area is 94.1 Å². The van der Waals surface area contributed by atoms with Gasteiger partial charge in [-0.2, -0.15) is 0 Å². The maximum atomic E-state index is 8.81. The van der Waals surface area contributed by atoms with Gasteiger partial charge in [0.1, 0.15) is 5.82 Å². The standard InChI is InChI=1S/C12H15N3O/c1-8-2-3-10(13)9-4-5-14-12(11(8)9)15-6-7-16/h2-5,16H,6-7,13H2,1H3,(H,14,15). The van der Waals surface area contributed by atoms with Gasteiger partial charge in [0, 0.05) is 29.2 Å². The van der Waals surface area contributed by atoms with Crippen molar-refractivity contribution in [3.05, 3.63) is 30.0 Å². The van der Waals surface area contributed by atoms with Crippen LogP contribution in [0.1, 0.15) is 5.56 Å². The number of nitrogen functional groups attached to an aromatic ring is 1. The fourth-order valence-corrected chi connectivity index (χ4v) is 1.80. The topological polar surface area (TPSA) is 71.2 Å². The number of aromatic nitrogens is 1. The smallest absolute Gasteiger partial charge is 0.134 e. The summed E-state index contributed by atoms with van der Waals surface area (Å²) in [6.07, 6.45) is 1.72. The summed E-state index contributed by atoms with van der Waals surface area (Å²) >= 11 is 0. The van der Waals surface area contributed by atoms with E-state index in [9.17, 15) is 0 Å². The molecule has 0 saturated carbocycles. The van der Waals surface area contributed by atoms with Gasteiger partial charge >= 0.3 is 0 Å². The molecule has 1 aromatic heterocycles. The lowest BCUT2D eigenvalue weighted by molar-refractivity contribution is 0.311. The van der Waals surface area contributed by atoms with Crippen molar-refractivity contribution in [3.63, 3.8) is 0 Å². The third kappa shape index (κ3) is 1.79. The number of nitrogens with one attached hydrogen (secondary N) is 1. The van der Waals surface area contributed by atoms with Crippen molar-refractivity contribution in [2.24, 2.45) is 0 Å². The molecule has 84 valence electrons. The Balaban J connectivity index is 2.61. The molecule has 0 radical (unpaired) electrons. The molecule has 0 spiro atoms. The zero-order valence-electron chi connectivity index (χ0n) is 9.20. The number of aliphatic hydroxyl groups excluding tert-OH is 1. The number of fused-ring (bicyclic) bond motifs is 1. The Morgan fingerprint density at radius 1 is 1.38 bits per heavy atom. The van der Waals surface area contributed by atoms with Crippen LogP contribution in [0.3, 0.4) is 0 Å². The lowest BCUT2D eigenvalue weighted by atomic mass is 10.1. The van der Waals surface area contributed by atoms with Crippen LogP contribution in [0.2, 0.25) is 0 Å². The summed E-state index contributed by atoms with van der Waals surface area (Å²) in [5.41, 5.74) is 7.79. The van der Waals surface area contributed by atoms with Crippen molar-refractivity contribution in [3.8, 4) is 0 Å². The third-order valence-electron chi connectivity index (χ3n) is 2.57. The Kier molecular flexibility index (Phi) is 2.92. The molecule has 2 rings (SSSR count). The minimum absolute atomic E-state index is 0.0828. The molecule has 0 fully saturated rings. The van der Waals surface area contributed by atoms with Gasteiger partial charge in [0.25, 0.3) is 0 Å². The van der Waals surface area contributed by atoms with Crippen molar-refractivity contribution in [1.29, 1.82) is 0 Å². The van der Waals surface area contributed by atoms with Crippen LogP contribution in [-0.2, 0) is 0 Å². The molecule has 0 bridgehead atoms. The Bertz CT molecular complexity index is 511. The summed E-state index contributed by atoms with van der Waals surface area (Å²) in [5.74, 6) is 0.774. The molecule has 1 heterocycles. The number of benzene rings is 1. The van der Waals surface area contributed by atoms with Crippen LogP contribution in [0.15, 0.2) is 24.4 Å². The molecule has 0 aliphatic rings. The van der Waals surface area contributed by atoms with E-state index in [1.54, 1.807) is 6.20 Å². The molecule has 0 atom stereocenters. The Hall–Kier alpha value is -1.81. The third-order valence-corrected chi connectivity index (χ3v) is 2.57. The van der Waals surface area contributed by atoms with Gasteiger partial charge in [-0.3, -0.25) is 0 Å². The SMILES string of the molecule is Cc1ccc(N)c2ccnc(NCCO)c12. The minimum atomic E-state index is 0.0828. The van der Waals surface area contributed by atoms with E-state index in [1.807, 2.05) is 25.1 Å². The van der Waals surface area contributed by atoms with Crippen LogP contribution >= 0.6 is 0 Å².